The number of hydrogen-bond acceptors (Lipinski definition) is 0. The molecular weight excluding hydrogens is 416 g/mol. The smallest absolute Gasteiger partial charge is 0.0302 e. The van der Waals surface area contributed by atoms with Crippen LogP contribution in [0.1, 0.15) is 16.7 Å². The van der Waals surface area contributed by atoms with E-state index in [1.54, 1.807) is 0 Å². The van der Waals surface area contributed by atoms with Crippen LogP contribution < -0.4 is 15.9 Å². The molecule has 0 heterocycles. The van der Waals surface area contributed by atoms with Gasteiger partial charge in [-0.05, 0) is 36.7 Å². The van der Waals surface area contributed by atoms with Gasteiger partial charge in [0.2, 0.25) is 0 Å². The first-order chi connectivity index (χ1) is 11.4. The second-order valence-corrected chi connectivity index (χ2v) is 7.73. The zero-order valence-corrected chi connectivity index (χ0v) is 20.6. The minimum Gasteiger partial charge on any atom is -0.147 e. The van der Waals surface area contributed by atoms with Crippen molar-refractivity contribution in [1.29, 1.82) is 0 Å². The lowest BCUT2D eigenvalue weighted by Crippen LogP contribution is -1.85. The highest BCUT2D eigenvalue weighted by Crippen LogP contribution is 1.96. The summed E-state index contributed by atoms with van der Waals surface area (Å²) in [4.78, 5) is 0. The molecule has 0 saturated heterocycles. The van der Waals surface area contributed by atoms with Gasteiger partial charge in [0, 0.05) is 0 Å². The first kappa shape index (κ1) is 27.7. The molecule has 0 aromatic heterocycles. The summed E-state index contributed by atoms with van der Waals surface area (Å²) in [5, 5.41) is 3.74. The summed E-state index contributed by atoms with van der Waals surface area (Å²) in [5.74, 6) is 0. The van der Waals surface area contributed by atoms with Gasteiger partial charge >= 0.3 is 0 Å². The largest absolute Gasteiger partial charge is 0.147 e. The number of benzene rings is 3. The van der Waals surface area contributed by atoms with Crippen LogP contribution in [0, 0.1) is 20.8 Å². The predicted molar refractivity (Wildman–Crippen MR) is 136 cm³/mol. The van der Waals surface area contributed by atoms with Crippen molar-refractivity contribution in [3.63, 3.8) is 0 Å². The van der Waals surface area contributed by atoms with Crippen molar-refractivity contribution >= 4 is 68.4 Å². The monoisotopic (exact) mass is 444 g/mol. The van der Waals surface area contributed by atoms with Crippen LogP contribution in [-0.4, -0.2) is 0 Å². The quantitative estimate of drug-likeness (QED) is 0.411. The van der Waals surface area contributed by atoms with E-state index in [2.05, 4.69) is 121 Å². The Bertz CT molecular complexity index is 543. The Labute approximate surface area is 178 Å². The maximum Gasteiger partial charge on any atom is -0.0302 e. The Balaban J connectivity index is 0. The highest BCUT2D eigenvalue weighted by atomic mass is 35.5. The fraction of sp³-hybridized carbons (Fsp3) is 0.143. The van der Waals surface area contributed by atoms with Crippen LogP contribution in [0.5, 0.6) is 0 Å². The van der Waals surface area contributed by atoms with E-state index in [9.17, 15) is 0 Å². The molecule has 0 saturated carbocycles. The Kier molecular flexibility index (Phi) is 16.6. The highest BCUT2D eigenvalue weighted by molar-refractivity contribution is 7.27. The number of hydrogen-bond donors (Lipinski definition) is 0. The number of halogens is 2. The summed E-state index contributed by atoms with van der Waals surface area (Å²) < 4.78 is 0. The maximum atomic E-state index is 2.65. The molecule has 26 heavy (non-hydrogen) atoms. The highest BCUT2D eigenvalue weighted by Gasteiger charge is 1.81. The zero-order valence-electron chi connectivity index (χ0n) is 15.5. The van der Waals surface area contributed by atoms with Crippen LogP contribution in [0.4, 0.5) is 0 Å². The lowest BCUT2D eigenvalue weighted by molar-refractivity contribution is 1.49. The maximum absolute atomic E-state index is 2.65. The van der Waals surface area contributed by atoms with Crippen LogP contribution in [0.2, 0.25) is 0 Å². The standard InChI is InChI=1S/3C7H9P.2ClH/c3*1-6-2-4-7(8)5-3-6;;/h3*2-5H,8H2,1H3;2*1H. The van der Waals surface area contributed by atoms with Gasteiger partial charge in [0.15, 0.2) is 0 Å². The van der Waals surface area contributed by atoms with Crippen molar-refractivity contribution in [2.45, 2.75) is 20.8 Å². The molecule has 3 atom stereocenters. The van der Waals surface area contributed by atoms with Crippen molar-refractivity contribution in [3.8, 4) is 0 Å². The van der Waals surface area contributed by atoms with Gasteiger partial charge < -0.3 is 0 Å². The average Bonchev–Trinajstić information content (AvgIpc) is 2.57. The topological polar surface area (TPSA) is 0 Å². The van der Waals surface area contributed by atoms with E-state index in [0.717, 1.165) is 0 Å². The summed E-state index contributed by atoms with van der Waals surface area (Å²) >= 11 is 0. The number of rotatable bonds is 0. The van der Waals surface area contributed by atoms with Gasteiger partial charge in [-0.3, -0.25) is 0 Å². The molecule has 0 bridgehead atoms. The summed E-state index contributed by atoms with van der Waals surface area (Å²) in [5.41, 5.74) is 3.95. The molecule has 0 radical (unpaired) electrons. The SMILES string of the molecule is Cc1ccc(P)cc1.Cc1ccc(P)cc1.Cc1ccc(P)cc1.Cl.Cl. The molecule has 0 fully saturated rings. The van der Waals surface area contributed by atoms with Crippen LogP contribution >= 0.6 is 52.5 Å². The van der Waals surface area contributed by atoms with E-state index in [1.165, 1.54) is 32.6 Å². The van der Waals surface area contributed by atoms with E-state index in [0.29, 0.717) is 0 Å². The van der Waals surface area contributed by atoms with Crippen LogP contribution in [0.3, 0.4) is 0 Å². The van der Waals surface area contributed by atoms with Crippen LogP contribution in [-0.2, 0) is 0 Å². The molecule has 0 aliphatic rings. The molecule has 3 aromatic rings. The fourth-order valence-corrected chi connectivity index (χ4v) is 2.28. The third-order valence-electron chi connectivity index (χ3n) is 3.23. The van der Waals surface area contributed by atoms with Crippen molar-refractivity contribution < 1.29 is 0 Å². The van der Waals surface area contributed by atoms with E-state index in [1.807, 2.05) is 0 Å². The van der Waals surface area contributed by atoms with Gasteiger partial charge in [0.1, 0.15) is 0 Å². The lowest BCUT2D eigenvalue weighted by atomic mass is 10.2. The molecular formula is C21H29Cl2P3. The third kappa shape index (κ3) is 13.7. The van der Waals surface area contributed by atoms with E-state index in [4.69, 9.17) is 0 Å². The van der Waals surface area contributed by atoms with Crippen molar-refractivity contribution in [2.24, 2.45) is 0 Å². The Morgan fingerprint density at radius 2 is 0.538 bits per heavy atom. The summed E-state index contributed by atoms with van der Waals surface area (Å²) in [7, 11) is 7.95. The molecule has 5 heteroatoms. The van der Waals surface area contributed by atoms with Gasteiger partial charge in [-0.2, -0.15) is 0 Å². The van der Waals surface area contributed by atoms with Gasteiger partial charge in [-0.15, -0.1) is 52.5 Å². The molecule has 0 aliphatic heterocycles. The molecule has 0 nitrogen and oxygen atoms in total. The van der Waals surface area contributed by atoms with E-state index < -0.39 is 0 Å². The first-order valence-electron chi connectivity index (χ1n) is 7.83. The molecule has 0 aliphatic carbocycles. The summed E-state index contributed by atoms with van der Waals surface area (Å²) in [6, 6.07) is 25.1. The molecule has 3 rings (SSSR count). The van der Waals surface area contributed by atoms with E-state index >= 15 is 0 Å². The van der Waals surface area contributed by atoms with Gasteiger partial charge in [-0.1, -0.05) is 89.5 Å². The third-order valence-corrected chi connectivity index (χ3v) is 4.39. The summed E-state index contributed by atoms with van der Waals surface area (Å²) in [6.45, 7) is 6.26. The fourth-order valence-electron chi connectivity index (χ4n) is 1.70. The summed E-state index contributed by atoms with van der Waals surface area (Å²) in [6.07, 6.45) is 0. The first-order valence-corrected chi connectivity index (χ1v) is 9.56. The van der Waals surface area contributed by atoms with Gasteiger partial charge in [0.25, 0.3) is 0 Å². The average molecular weight is 445 g/mol. The Morgan fingerprint density at radius 3 is 0.654 bits per heavy atom. The zero-order chi connectivity index (χ0) is 17.9. The minimum absolute atomic E-state index is 0. The second kappa shape index (κ2) is 15.6. The van der Waals surface area contributed by atoms with Gasteiger partial charge in [-0.25, -0.2) is 0 Å². The van der Waals surface area contributed by atoms with Crippen LogP contribution in [0.25, 0.3) is 0 Å². The van der Waals surface area contributed by atoms with Crippen molar-refractivity contribution in [3.05, 3.63) is 89.5 Å². The normalized spacial score (nSPS) is 8.54. The van der Waals surface area contributed by atoms with Gasteiger partial charge in [0.05, 0.1) is 0 Å². The van der Waals surface area contributed by atoms with E-state index in [-0.39, 0.29) is 24.8 Å². The van der Waals surface area contributed by atoms with Crippen molar-refractivity contribution in [1.82, 2.24) is 0 Å². The Morgan fingerprint density at radius 1 is 0.385 bits per heavy atom. The molecule has 142 valence electrons. The predicted octanol–water partition coefficient (Wildman–Crippen LogP) is 5.33. The molecule has 0 N–H and O–H groups in total. The second-order valence-electron chi connectivity index (χ2n) is 5.73. The van der Waals surface area contributed by atoms with Crippen LogP contribution in [0.15, 0.2) is 72.8 Å². The lowest BCUT2D eigenvalue weighted by Gasteiger charge is -1.89. The minimum atomic E-state index is 0. The Hall–Kier alpha value is -0.470. The van der Waals surface area contributed by atoms with Crippen molar-refractivity contribution in [2.75, 3.05) is 0 Å². The molecule has 0 amide bonds. The molecule has 3 unspecified atom stereocenters. The number of aryl methyl sites for hydroxylation is 3. The molecule has 0 spiro atoms. The molecule has 3 aromatic carbocycles.